The lowest BCUT2D eigenvalue weighted by Crippen LogP contribution is -2.18. The number of nitrogens with one attached hydrogen (secondary N) is 1. The van der Waals surface area contributed by atoms with Gasteiger partial charge in [-0.2, -0.15) is 5.10 Å². The van der Waals surface area contributed by atoms with Crippen molar-refractivity contribution in [2.45, 2.75) is 13.1 Å². The van der Waals surface area contributed by atoms with Crippen LogP contribution >= 0.6 is 11.6 Å². The van der Waals surface area contributed by atoms with Crippen molar-refractivity contribution in [3.63, 3.8) is 0 Å². The molecule has 0 unspecified atom stereocenters. The van der Waals surface area contributed by atoms with Gasteiger partial charge in [-0.15, -0.1) is 0 Å². The van der Waals surface area contributed by atoms with E-state index < -0.39 is 0 Å². The molecule has 0 aromatic heterocycles. The smallest absolute Gasteiger partial charge is 0.272 e. The monoisotopic (exact) mass is 375 g/mol. The van der Waals surface area contributed by atoms with E-state index in [-0.39, 0.29) is 5.91 Å². The SMILES string of the molecule is O=C(N/N=C\c1ccc(N2Cc3ccccc3C2)cc1)c1ccccc1Cl. The van der Waals surface area contributed by atoms with Crippen molar-refractivity contribution in [1.29, 1.82) is 0 Å². The lowest BCUT2D eigenvalue weighted by molar-refractivity contribution is 0.0955. The fourth-order valence-corrected chi connectivity index (χ4v) is 3.38. The van der Waals surface area contributed by atoms with Gasteiger partial charge in [0.1, 0.15) is 0 Å². The molecular formula is C22H18ClN3O. The van der Waals surface area contributed by atoms with Gasteiger partial charge in [0.2, 0.25) is 0 Å². The highest BCUT2D eigenvalue weighted by Crippen LogP contribution is 2.27. The van der Waals surface area contributed by atoms with Crippen molar-refractivity contribution in [2.75, 3.05) is 4.90 Å². The van der Waals surface area contributed by atoms with Gasteiger partial charge in [0.25, 0.3) is 5.91 Å². The Balaban J connectivity index is 1.38. The zero-order chi connectivity index (χ0) is 18.6. The summed E-state index contributed by atoms with van der Waals surface area (Å²) < 4.78 is 0. The Kier molecular flexibility index (Phi) is 4.90. The van der Waals surface area contributed by atoms with Gasteiger partial charge >= 0.3 is 0 Å². The summed E-state index contributed by atoms with van der Waals surface area (Å²) in [7, 11) is 0. The van der Waals surface area contributed by atoms with Crippen LogP contribution in [-0.2, 0) is 13.1 Å². The van der Waals surface area contributed by atoms with Crippen LogP contribution in [0.25, 0.3) is 0 Å². The van der Waals surface area contributed by atoms with Gasteiger partial charge < -0.3 is 4.90 Å². The van der Waals surface area contributed by atoms with Crippen molar-refractivity contribution in [3.8, 4) is 0 Å². The summed E-state index contributed by atoms with van der Waals surface area (Å²) in [4.78, 5) is 14.4. The van der Waals surface area contributed by atoms with Crippen LogP contribution in [0.1, 0.15) is 27.0 Å². The van der Waals surface area contributed by atoms with Crippen molar-refractivity contribution in [3.05, 3.63) is 100 Å². The summed E-state index contributed by atoms with van der Waals surface area (Å²) in [6, 6.07) is 23.5. The first kappa shape index (κ1) is 17.3. The van der Waals surface area contributed by atoms with E-state index in [0.29, 0.717) is 10.6 Å². The molecule has 4 rings (SSSR count). The van der Waals surface area contributed by atoms with Crippen molar-refractivity contribution in [1.82, 2.24) is 5.43 Å². The second-order valence-corrected chi connectivity index (χ2v) is 6.80. The van der Waals surface area contributed by atoms with E-state index in [1.165, 1.54) is 16.8 Å². The maximum absolute atomic E-state index is 12.1. The highest BCUT2D eigenvalue weighted by molar-refractivity contribution is 6.33. The van der Waals surface area contributed by atoms with Crippen molar-refractivity contribution < 1.29 is 4.79 Å². The van der Waals surface area contributed by atoms with Crippen LogP contribution in [0, 0.1) is 0 Å². The third-order valence-electron chi connectivity index (χ3n) is 4.60. The average molecular weight is 376 g/mol. The molecule has 4 nitrogen and oxygen atoms in total. The van der Waals surface area contributed by atoms with E-state index in [1.54, 1.807) is 30.5 Å². The number of anilines is 1. The molecule has 27 heavy (non-hydrogen) atoms. The lowest BCUT2D eigenvalue weighted by Gasteiger charge is -2.17. The molecule has 1 aliphatic heterocycles. The summed E-state index contributed by atoms with van der Waals surface area (Å²) in [6.45, 7) is 1.86. The number of amides is 1. The number of rotatable bonds is 4. The Morgan fingerprint density at radius 3 is 2.22 bits per heavy atom. The van der Waals surface area contributed by atoms with E-state index in [9.17, 15) is 4.79 Å². The Bertz CT molecular complexity index is 973. The highest BCUT2D eigenvalue weighted by atomic mass is 35.5. The molecule has 5 heteroatoms. The molecule has 0 saturated heterocycles. The topological polar surface area (TPSA) is 44.7 Å². The van der Waals surface area contributed by atoms with Crippen LogP contribution in [0.3, 0.4) is 0 Å². The molecule has 1 amide bonds. The van der Waals surface area contributed by atoms with Gasteiger partial charge in [0.05, 0.1) is 16.8 Å². The summed E-state index contributed by atoms with van der Waals surface area (Å²) in [5, 5.41) is 4.43. The molecule has 0 fully saturated rings. The van der Waals surface area contributed by atoms with Crippen LogP contribution in [0.5, 0.6) is 0 Å². The van der Waals surface area contributed by atoms with E-state index >= 15 is 0 Å². The zero-order valence-corrected chi connectivity index (χ0v) is 15.4. The number of hydrogen-bond donors (Lipinski definition) is 1. The Morgan fingerprint density at radius 2 is 1.56 bits per heavy atom. The van der Waals surface area contributed by atoms with Gasteiger partial charge in [-0.05, 0) is 41.0 Å². The fourth-order valence-electron chi connectivity index (χ4n) is 3.16. The number of nitrogens with zero attached hydrogens (tertiary/aromatic N) is 2. The molecule has 3 aromatic rings. The first-order chi connectivity index (χ1) is 13.2. The van der Waals surface area contributed by atoms with Gasteiger partial charge in [-0.3, -0.25) is 4.79 Å². The molecule has 0 radical (unpaired) electrons. The second-order valence-electron chi connectivity index (χ2n) is 6.40. The van der Waals surface area contributed by atoms with Gasteiger partial charge in [0, 0.05) is 18.8 Å². The number of hydrogen-bond acceptors (Lipinski definition) is 3. The summed E-state index contributed by atoms with van der Waals surface area (Å²) in [6.07, 6.45) is 1.62. The predicted octanol–water partition coefficient (Wildman–Crippen LogP) is 4.62. The third-order valence-corrected chi connectivity index (χ3v) is 4.93. The summed E-state index contributed by atoms with van der Waals surface area (Å²) in [5.41, 5.74) is 7.75. The van der Waals surface area contributed by atoms with E-state index in [0.717, 1.165) is 18.7 Å². The highest BCUT2D eigenvalue weighted by Gasteiger charge is 2.18. The maximum atomic E-state index is 12.1. The first-order valence-corrected chi connectivity index (χ1v) is 9.08. The molecule has 0 spiro atoms. The quantitative estimate of drug-likeness (QED) is 0.534. The predicted molar refractivity (Wildman–Crippen MR) is 109 cm³/mol. The largest absolute Gasteiger partial charge is 0.363 e. The van der Waals surface area contributed by atoms with Gasteiger partial charge in [-0.1, -0.05) is 60.1 Å². The van der Waals surface area contributed by atoms with E-state index in [4.69, 9.17) is 11.6 Å². The normalized spacial score (nSPS) is 13.0. The molecule has 3 aromatic carbocycles. The van der Waals surface area contributed by atoms with Crippen LogP contribution in [0.15, 0.2) is 77.9 Å². The zero-order valence-electron chi connectivity index (χ0n) is 14.6. The van der Waals surface area contributed by atoms with E-state index in [2.05, 4.69) is 51.8 Å². The molecule has 1 aliphatic rings. The Labute approximate surface area is 163 Å². The second kappa shape index (κ2) is 7.64. The Morgan fingerprint density at radius 1 is 0.926 bits per heavy atom. The lowest BCUT2D eigenvalue weighted by atomic mass is 10.1. The van der Waals surface area contributed by atoms with Crippen LogP contribution < -0.4 is 10.3 Å². The maximum Gasteiger partial charge on any atom is 0.272 e. The number of carbonyl (C=O) groups is 1. The number of carbonyl (C=O) groups excluding carboxylic acids is 1. The molecule has 1 heterocycles. The van der Waals surface area contributed by atoms with Gasteiger partial charge in [0.15, 0.2) is 0 Å². The number of benzene rings is 3. The number of hydrazone groups is 1. The number of halogens is 1. The van der Waals surface area contributed by atoms with Crippen LogP contribution in [-0.4, -0.2) is 12.1 Å². The summed E-state index contributed by atoms with van der Waals surface area (Å²) in [5.74, 6) is -0.330. The minimum absolute atomic E-state index is 0.330. The first-order valence-electron chi connectivity index (χ1n) is 8.70. The molecule has 0 aliphatic carbocycles. The average Bonchev–Trinajstić information content (AvgIpc) is 3.13. The van der Waals surface area contributed by atoms with Crippen LogP contribution in [0.2, 0.25) is 5.02 Å². The molecule has 0 bridgehead atoms. The molecule has 1 N–H and O–H groups in total. The summed E-state index contributed by atoms with van der Waals surface area (Å²) >= 11 is 6.01. The fraction of sp³-hybridized carbons (Fsp3) is 0.0909. The van der Waals surface area contributed by atoms with E-state index in [1.807, 2.05) is 12.1 Å². The van der Waals surface area contributed by atoms with Crippen molar-refractivity contribution >= 4 is 29.4 Å². The standard InChI is InChI=1S/C22H18ClN3O/c23-21-8-4-3-7-20(21)22(27)25-24-13-16-9-11-19(12-10-16)26-14-17-5-1-2-6-18(17)15-26/h1-13H,14-15H2,(H,25,27)/b24-13-. The molecule has 0 saturated carbocycles. The van der Waals surface area contributed by atoms with Crippen molar-refractivity contribution in [2.24, 2.45) is 5.10 Å². The third kappa shape index (κ3) is 3.86. The molecule has 0 atom stereocenters. The number of fused-ring (bicyclic) bond motifs is 1. The molecular weight excluding hydrogens is 358 g/mol. The molecule has 134 valence electrons. The van der Waals surface area contributed by atoms with Crippen LogP contribution in [0.4, 0.5) is 5.69 Å². The Hall–Kier alpha value is -3.11. The van der Waals surface area contributed by atoms with Gasteiger partial charge in [-0.25, -0.2) is 5.43 Å². The minimum atomic E-state index is -0.330. The minimum Gasteiger partial charge on any atom is -0.363 e.